The van der Waals surface area contributed by atoms with Crippen molar-refractivity contribution < 1.29 is 29.6 Å². The first-order valence-corrected chi connectivity index (χ1v) is 14.3. The zero-order valence-corrected chi connectivity index (χ0v) is 23.8. The van der Waals surface area contributed by atoms with Crippen LogP contribution in [-0.4, -0.2) is 45.6 Å². The van der Waals surface area contributed by atoms with Crippen LogP contribution in [-0.2, 0) is 14.3 Å². The van der Waals surface area contributed by atoms with Crippen molar-refractivity contribution in [1.82, 2.24) is 0 Å². The fraction of sp³-hybridized carbons (Fsp3) is 0.806. The molecule has 208 valence electrons. The number of rotatable bonds is 5. The second-order valence-corrected chi connectivity index (χ2v) is 13.6. The van der Waals surface area contributed by atoms with Gasteiger partial charge in [-0.15, -0.1) is 0 Å². The van der Waals surface area contributed by atoms with Gasteiger partial charge in [-0.25, -0.2) is 4.79 Å². The van der Waals surface area contributed by atoms with Crippen LogP contribution in [0.25, 0.3) is 0 Å². The van der Waals surface area contributed by atoms with E-state index in [4.69, 9.17) is 4.74 Å². The van der Waals surface area contributed by atoms with Gasteiger partial charge in [-0.05, 0) is 111 Å². The number of hydrogen-bond acceptors (Lipinski definition) is 5. The minimum absolute atomic E-state index is 0.0474. The van der Waals surface area contributed by atoms with Crippen molar-refractivity contribution >= 4 is 11.9 Å². The lowest BCUT2D eigenvalue weighted by molar-refractivity contribution is -0.234. The van der Waals surface area contributed by atoms with Crippen LogP contribution in [0, 0.1) is 39.9 Å². The first-order valence-electron chi connectivity index (χ1n) is 14.3. The molecule has 4 rings (SSSR count). The van der Waals surface area contributed by atoms with E-state index in [9.17, 15) is 24.9 Å². The number of aliphatic hydroxyl groups excluding tert-OH is 2. The van der Waals surface area contributed by atoms with Crippen LogP contribution >= 0.6 is 0 Å². The first-order chi connectivity index (χ1) is 17.2. The Bertz CT molecular complexity index is 994. The summed E-state index contributed by atoms with van der Waals surface area (Å²) in [7, 11) is 0. The maximum Gasteiger partial charge on any atom is 0.331 e. The number of carbonyl (C=O) groups excluding carboxylic acids is 1. The Morgan fingerprint density at radius 3 is 2.30 bits per heavy atom. The van der Waals surface area contributed by atoms with Gasteiger partial charge in [0.1, 0.15) is 6.10 Å². The second-order valence-electron chi connectivity index (χ2n) is 13.6. The van der Waals surface area contributed by atoms with Gasteiger partial charge in [-0.1, -0.05) is 39.3 Å². The molecule has 0 heterocycles. The standard InChI is InChI=1S/C31H48O6/c1-17(2)9-8-10-20(28(35)36)26-22-15-24(34)27-29(5)13-12-23(33)18(3)21(29)11-14-30(27,6)31(22,7)16-25(26)37-19(4)32/h9,18,21-25,27,33-34H,8,10-16H2,1-7H3,(H,35,36)/t18?,21?,22?,23?,24?,25-,27-,29-,30?,31-/m0/s1. The van der Waals surface area contributed by atoms with Crippen LogP contribution in [0.3, 0.4) is 0 Å². The van der Waals surface area contributed by atoms with Crippen LogP contribution in [0.2, 0.25) is 0 Å². The van der Waals surface area contributed by atoms with Gasteiger partial charge >= 0.3 is 11.9 Å². The molecule has 0 aromatic carbocycles. The number of carboxylic acids is 1. The van der Waals surface area contributed by atoms with Gasteiger partial charge in [0.25, 0.3) is 0 Å². The predicted molar refractivity (Wildman–Crippen MR) is 143 cm³/mol. The summed E-state index contributed by atoms with van der Waals surface area (Å²) in [5.41, 5.74) is 1.57. The Morgan fingerprint density at radius 1 is 1.03 bits per heavy atom. The van der Waals surface area contributed by atoms with Crippen LogP contribution in [0.5, 0.6) is 0 Å². The maximum atomic E-state index is 12.6. The highest BCUT2D eigenvalue weighted by atomic mass is 16.5. The van der Waals surface area contributed by atoms with E-state index < -0.39 is 24.1 Å². The Hall–Kier alpha value is -1.66. The smallest absolute Gasteiger partial charge is 0.331 e. The largest absolute Gasteiger partial charge is 0.478 e. The molecule has 4 aliphatic carbocycles. The van der Waals surface area contributed by atoms with E-state index in [1.54, 1.807) is 0 Å². The van der Waals surface area contributed by atoms with Gasteiger partial charge in [-0.3, -0.25) is 4.79 Å². The first kappa shape index (κ1) is 28.4. The van der Waals surface area contributed by atoms with Crippen molar-refractivity contribution in [3.63, 3.8) is 0 Å². The quantitative estimate of drug-likeness (QED) is 0.247. The number of aliphatic hydroxyl groups is 2. The number of allylic oxidation sites excluding steroid dienone is 2. The van der Waals surface area contributed by atoms with E-state index in [0.717, 1.165) is 36.8 Å². The van der Waals surface area contributed by atoms with Gasteiger partial charge < -0.3 is 20.1 Å². The summed E-state index contributed by atoms with van der Waals surface area (Å²) < 4.78 is 5.87. The zero-order valence-electron chi connectivity index (χ0n) is 23.8. The normalized spacial score (nSPS) is 46.2. The summed E-state index contributed by atoms with van der Waals surface area (Å²) in [5.74, 6) is -0.909. The monoisotopic (exact) mass is 516 g/mol. The van der Waals surface area contributed by atoms with Gasteiger partial charge in [0, 0.05) is 12.5 Å². The SMILES string of the molecule is CC(=O)O[C@H]1C[C@@]2(C)C(CC(O)[C@@H]3C2(C)CCC2C(C)C(O)CC[C@@]23C)C1=C(CCC=C(C)C)C(=O)O. The molecule has 4 fully saturated rings. The van der Waals surface area contributed by atoms with E-state index in [-0.39, 0.29) is 40.1 Å². The summed E-state index contributed by atoms with van der Waals surface area (Å²) in [4.78, 5) is 24.8. The number of ether oxygens (including phenoxy) is 1. The molecule has 3 N–H and O–H groups in total. The van der Waals surface area contributed by atoms with Gasteiger partial charge in [0.15, 0.2) is 0 Å². The molecular formula is C31H48O6. The number of aliphatic carboxylic acids is 1. The predicted octanol–water partition coefficient (Wildman–Crippen LogP) is 5.67. The number of esters is 1. The third kappa shape index (κ3) is 4.40. The third-order valence-electron chi connectivity index (χ3n) is 11.6. The van der Waals surface area contributed by atoms with Crippen molar-refractivity contribution in [1.29, 1.82) is 0 Å². The number of carbonyl (C=O) groups is 2. The van der Waals surface area contributed by atoms with Gasteiger partial charge in [-0.2, -0.15) is 0 Å². The highest BCUT2D eigenvalue weighted by Crippen LogP contribution is 2.74. The molecule has 6 heteroatoms. The molecule has 4 aliphatic rings. The molecule has 0 aromatic heterocycles. The minimum atomic E-state index is -0.953. The van der Waals surface area contributed by atoms with Crippen molar-refractivity contribution in [2.24, 2.45) is 39.9 Å². The molecule has 4 saturated carbocycles. The van der Waals surface area contributed by atoms with Crippen LogP contribution < -0.4 is 0 Å². The average molecular weight is 517 g/mol. The molecule has 6 nitrogen and oxygen atoms in total. The summed E-state index contributed by atoms with van der Waals surface area (Å²) in [5, 5.41) is 32.9. The highest BCUT2D eigenvalue weighted by Gasteiger charge is 2.70. The second kappa shape index (κ2) is 9.82. The van der Waals surface area contributed by atoms with Crippen LogP contribution in [0.1, 0.15) is 99.8 Å². The molecule has 0 aromatic rings. The summed E-state index contributed by atoms with van der Waals surface area (Å²) in [6.07, 6.45) is 6.22. The van der Waals surface area contributed by atoms with Gasteiger partial charge in [0.05, 0.1) is 12.2 Å². The lowest BCUT2D eigenvalue weighted by Gasteiger charge is -2.69. The van der Waals surface area contributed by atoms with Crippen molar-refractivity contribution in [3.8, 4) is 0 Å². The Morgan fingerprint density at radius 2 is 1.70 bits per heavy atom. The lowest BCUT2D eigenvalue weighted by Crippen LogP contribution is -2.65. The number of hydrogen-bond donors (Lipinski definition) is 3. The Labute approximate surface area is 222 Å². The molecule has 0 saturated heterocycles. The van der Waals surface area contributed by atoms with E-state index >= 15 is 0 Å². The summed E-state index contributed by atoms with van der Waals surface area (Å²) in [6.45, 7) is 14.5. The van der Waals surface area contributed by atoms with E-state index in [1.807, 2.05) is 19.9 Å². The van der Waals surface area contributed by atoms with Gasteiger partial charge in [0.2, 0.25) is 0 Å². The van der Waals surface area contributed by atoms with Crippen LogP contribution in [0.4, 0.5) is 0 Å². The molecule has 10 atom stereocenters. The average Bonchev–Trinajstić information content (AvgIpc) is 3.05. The topological polar surface area (TPSA) is 104 Å². The van der Waals surface area contributed by atoms with E-state index in [2.05, 4.69) is 27.7 Å². The lowest BCUT2D eigenvalue weighted by atomic mass is 9.36. The molecule has 0 radical (unpaired) electrons. The Balaban J connectivity index is 1.82. The fourth-order valence-electron chi connectivity index (χ4n) is 9.79. The van der Waals surface area contributed by atoms with E-state index in [0.29, 0.717) is 37.2 Å². The molecular weight excluding hydrogens is 468 g/mol. The molecule has 0 amide bonds. The fourth-order valence-corrected chi connectivity index (χ4v) is 9.79. The van der Waals surface area contributed by atoms with Crippen molar-refractivity contribution in [2.75, 3.05) is 0 Å². The highest BCUT2D eigenvalue weighted by molar-refractivity contribution is 5.88. The number of fused-ring (bicyclic) bond motifs is 5. The molecule has 0 spiro atoms. The summed E-state index contributed by atoms with van der Waals surface area (Å²) in [6, 6.07) is 0. The third-order valence-corrected chi connectivity index (χ3v) is 11.6. The molecule has 0 aliphatic heterocycles. The minimum Gasteiger partial charge on any atom is -0.478 e. The molecule has 6 unspecified atom stereocenters. The van der Waals surface area contributed by atoms with Crippen molar-refractivity contribution in [3.05, 3.63) is 22.8 Å². The summed E-state index contributed by atoms with van der Waals surface area (Å²) >= 11 is 0. The number of carboxylic acid groups (broad SMARTS) is 1. The maximum absolute atomic E-state index is 12.6. The van der Waals surface area contributed by atoms with E-state index in [1.165, 1.54) is 6.92 Å². The zero-order chi connectivity index (χ0) is 27.5. The molecule has 0 bridgehead atoms. The van der Waals surface area contributed by atoms with Crippen molar-refractivity contribution in [2.45, 2.75) is 118 Å². The molecule has 37 heavy (non-hydrogen) atoms. The van der Waals surface area contributed by atoms with Crippen LogP contribution in [0.15, 0.2) is 22.8 Å². The Kier molecular flexibility index (Phi) is 7.53.